The molecule has 1 heterocycles. The summed E-state index contributed by atoms with van der Waals surface area (Å²) in [6, 6.07) is 7.36. The molecule has 0 atom stereocenters. The van der Waals surface area contributed by atoms with Gasteiger partial charge in [0, 0.05) is 44.7 Å². The van der Waals surface area contributed by atoms with Gasteiger partial charge in [0.2, 0.25) is 0 Å². The van der Waals surface area contributed by atoms with Crippen LogP contribution in [0.4, 0.5) is 0 Å². The lowest BCUT2D eigenvalue weighted by Crippen LogP contribution is -2.48. The van der Waals surface area contributed by atoms with Crippen molar-refractivity contribution >= 4 is 5.91 Å². The van der Waals surface area contributed by atoms with Crippen LogP contribution in [0.2, 0.25) is 0 Å². The van der Waals surface area contributed by atoms with Gasteiger partial charge < -0.3 is 14.4 Å². The van der Waals surface area contributed by atoms with Crippen molar-refractivity contribution in [3.8, 4) is 17.6 Å². The second-order valence-corrected chi connectivity index (χ2v) is 5.11. The third-order valence-electron chi connectivity index (χ3n) is 3.83. The highest BCUT2D eigenvalue weighted by Gasteiger charge is 2.22. The summed E-state index contributed by atoms with van der Waals surface area (Å²) in [6.07, 6.45) is 0.531. The molecule has 6 nitrogen and oxygen atoms in total. The Morgan fingerprint density at radius 2 is 1.86 bits per heavy atom. The van der Waals surface area contributed by atoms with E-state index in [0.29, 0.717) is 36.6 Å². The van der Waals surface area contributed by atoms with E-state index >= 15 is 0 Å². The zero-order valence-electron chi connectivity index (χ0n) is 13.0. The summed E-state index contributed by atoms with van der Waals surface area (Å²) >= 11 is 0. The standard InChI is InChI=1S/C16H21N3O3/c1-21-14-5-4-13(12-15(14)22-2)16(20)19-10-8-18(9-11-19)7-3-6-17/h4-5,12H,3,7-11H2,1-2H3. The van der Waals surface area contributed by atoms with Gasteiger partial charge in [-0.05, 0) is 18.2 Å². The van der Waals surface area contributed by atoms with Crippen LogP contribution in [0.1, 0.15) is 16.8 Å². The summed E-state index contributed by atoms with van der Waals surface area (Å²) in [5.74, 6) is 1.17. The molecule has 1 aliphatic rings. The average molecular weight is 303 g/mol. The largest absolute Gasteiger partial charge is 0.493 e. The molecule has 0 saturated carbocycles. The molecular weight excluding hydrogens is 282 g/mol. The molecule has 0 spiro atoms. The summed E-state index contributed by atoms with van der Waals surface area (Å²) in [4.78, 5) is 16.6. The number of nitrogens with zero attached hydrogens (tertiary/aromatic N) is 3. The fourth-order valence-electron chi connectivity index (χ4n) is 2.53. The Labute approximate surface area is 130 Å². The number of nitriles is 1. The molecule has 6 heteroatoms. The molecule has 1 fully saturated rings. The molecule has 0 aromatic heterocycles. The predicted molar refractivity (Wildman–Crippen MR) is 82.1 cm³/mol. The van der Waals surface area contributed by atoms with E-state index in [0.717, 1.165) is 19.6 Å². The molecule has 2 rings (SSSR count). The third-order valence-corrected chi connectivity index (χ3v) is 3.83. The first-order chi connectivity index (χ1) is 10.7. The van der Waals surface area contributed by atoms with Crippen molar-refractivity contribution in [2.75, 3.05) is 46.9 Å². The molecule has 1 aromatic rings. The number of carbonyl (C=O) groups excluding carboxylic acids is 1. The minimum atomic E-state index is 0.000821. The zero-order chi connectivity index (χ0) is 15.9. The van der Waals surface area contributed by atoms with E-state index in [1.807, 2.05) is 4.90 Å². The lowest BCUT2D eigenvalue weighted by atomic mass is 10.1. The Hall–Kier alpha value is -2.26. The van der Waals surface area contributed by atoms with Crippen molar-refractivity contribution in [2.24, 2.45) is 0 Å². The van der Waals surface area contributed by atoms with Crippen LogP contribution in [0.25, 0.3) is 0 Å². The fourth-order valence-corrected chi connectivity index (χ4v) is 2.53. The van der Waals surface area contributed by atoms with Gasteiger partial charge in [-0.25, -0.2) is 0 Å². The molecule has 1 aliphatic heterocycles. The van der Waals surface area contributed by atoms with Crippen LogP contribution in [0.3, 0.4) is 0 Å². The fraction of sp³-hybridized carbons (Fsp3) is 0.500. The van der Waals surface area contributed by atoms with Gasteiger partial charge in [0.05, 0.1) is 20.3 Å². The van der Waals surface area contributed by atoms with Gasteiger partial charge in [-0.3, -0.25) is 9.69 Å². The molecule has 0 unspecified atom stereocenters. The van der Waals surface area contributed by atoms with Gasteiger partial charge >= 0.3 is 0 Å². The normalized spacial score (nSPS) is 15.2. The summed E-state index contributed by atoms with van der Waals surface area (Å²) in [5, 5.41) is 8.61. The Morgan fingerprint density at radius 3 is 2.45 bits per heavy atom. The van der Waals surface area contributed by atoms with E-state index in [9.17, 15) is 4.79 Å². The van der Waals surface area contributed by atoms with Gasteiger partial charge in [0.1, 0.15) is 0 Å². The molecule has 0 bridgehead atoms. The second-order valence-electron chi connectivity index (χ2n) is 5.11. The lowest BCUT2D eigenvalue weighted by molar-refractivity contribution is 0.0639. The van der Waals surface area contributed by atoms with Crippen LogP contribution in [-0.2, 0) is 0 Å². The van der Waals surface area contributed by atoms with Gasteiger partial charge in [-0.1, -0.05) is 0 Å². The van der Waals surface area contributed by atoms with Crippen molar-refractivity contribution in [1.82, 2.24) is 9.80 Å². The van der Waals surface area contributed by atoms with E-state index in [-0.39, 0.29) is 5.91 Å². The van der Waals surface area contributed by atoms with Crippen molar-refractivity contribution < 1.29 is 14.3 Å². The molecule has 22 heavy (non-hydrogen) atoms. The number of benzene rings is 1. The number of amides is 1. The minimum Gasteiger partial charge on any atom is -0.493 e. The van der Waals surface area contributed by atoms with Crippen molar-refractivity contribution in [3.05, 3.63) is 23.8 Å². The topological polar surface area (TPSA) is 65.8 Å². The van der Waals surface area contributed by atoms with Crippen LogP contribution < -0.4 is 9.47 Å². The second kappa shape index (κ2) is 7.66. The van der Waals surface area contributed by atoms with Gasteiger partial charge in [0.25, 0.3) is 5.91 Å². The summed E-state index contributed by atoms with van der Waals surface area (Å²) in [5.41, 5.74) is 0.600. The maximum Gasteiger partial charge on any atom is 0.254 e. The minimum absolute atomic E-state index is 0.000821. The average Bonchev–Trinajstić information content (AvgIpc) is 2.59. The highest BCUT2D eigenvalue weighted by atomic mass is 16.5. The number of piperazine rings is 1. The third kappa shape index (κ3) is 3.68. The van der Waals surface area contributed by atoms with Crippen molar-refractivity contribution in [3.63, 3.8) is 0 Å². The number of hydrogen-bond acceptors (Lipinski definition) is 5. The van der Waals surface area contributed by atoms with E-state index in [1.165, 1.54) is 0 Å². The Morgan fingerprint density at radius 1 is 1.18 bits per heavy atom. The molecule has 1 saturated heterocycles. The Bertz CT molecular complexity index is 560. The first-order valence-electron chi connectivity index (χ1n) is 7.30. The SMILES string of the molecule is COc1ccc(C(=O)N2CCN(CCC#N)CC2)cc1OC. The van der Waals surface area contributed by atoms with E-state index in [1.54, 1.807) is 32.4 Å². The number of carbonyl (C=O) groups is 1. The molecule has 0 aliphatic carbocycles. The molecule has 118 valence electrons. The summed E-state index contributed by atoms with van der Waals surface area (Å²) < 4.78 is 10.4. The first kappa shape index (κ1) is 16.1. The molecule has 0 radical (unpaired) electrons. The van der Waals surface area contributed by atoms with Crippen LogP contribution in [0.5, 0.6) is 11.5 Å². The predicted octanol–water partition coefficient (Wildman–Crippen LogP) is 1.38. The molecular formula is C16H21N3O3. The van der Waals surface area contributed by atoms with Gasteiger partial charge in [-0.2, -0.15) is 5.26 Å². The van der Waals surface area contributed by atoms with Crippen molar-refractivity contribution in [2.45, 2.75) is 6.42 Å². The van der Waals surface area contributed by atoms with Crippen LogP contribution in [0, 0.1) is 11.3 Å². The number of rotatable bonds is 5. The zero-order valence-corrected chi connectivity index (χ0v) is 13.0. The first-order valence-corrected chi connectivity index (χ1v) is 7.30. The van der Waals surface area contributed by atoms with Gasteiger partial charge in [0.15, 0.2) is 11.5 Å². The number of methoxy groups -OCH3 is 2. The van der Waals surface area contributed by atoms with Crippen molar-refractivity contribution in [1.29, 1.82) is 5.26 Å². The maximum absolute atomic E-state index is 12.5. The Balaban J connectivity index is 1.99. The molecule has 0 N–H and O–H groups in total. The van der Waals surface area contributed by atoms with Crippen LogP contribution in [0.15, 0.2) is 18.2 Å². The maximum atomic E-state index is 12.5. The van der Waals surface area contributed by atoms with Crippen LogP contribution >= 0.6 is 0 Å². The van der Waals surface area contributed by atoms with Crippen LogP contribution in [-0.4, -0.2) is 62.7 Å². The van der Waals surface area contributed by atoms with Gasteiger partial charge in [-0.15, -0.1) is 0 Å². The lowest BCUT2D eigenvalue weighted by Gasteiger charge is -2.34. The van der Waals surface area contributed by atoms with E-state index in [2.05, 4.69) is 11.0 Å². The summed E-state index contributed by atoms with van der Waals surface area (Å²) in [6.45, 7) is 3.74. The quantitative estimate of drug-likeness (QED) is 0.822. The highest BCUT2D eigenvalue weighted by Crippen LogP contribution is 2.28. The smallest absolute Gasteiger partial charge is 0.254 e. The molecule has 1 aromatic carbocycles. The number of ether oxygens (including phenoxy) is 2. The number of hydrogen-bond donors (Lipinski definition) is 0. The highest BCUT2D eigenvalue weighted by molar-refractivity contribution is 5.95. The monoisotopic (exact) mass is 303 g/mol. The summed E-state index contributed by atoms with van der Waals surface area (Å²) in [7, 11) is 3.12. The van der Waals surface area contributed by atoms with E-state index in [4.69, 9.17) is 14.7 Å². The van der Waals surface area contributed by atoms with E-state index < -0.39 is 0 Å². The Kier molecular flexibility index (Phi) is 5.61. The molecule has 1 amide bonds.